The Morgan fingerprint density at radius 1 is 1.12 bits per heavy atom. The molecule has 0 fully saturated rings. The van der Waals surface area contributed by atoms with Crippen LogP contribution in [-0.4, -0.2) is 0 Å². The van der Waals surface area contributed by atoms with Crippen molar-refractivity contribution in [3.8, 4) is 5.75 Å². The van der Waals surface area contributed by atoms with Gasteiger partial charge >= 0.3 is 0 Å². The Morgan fingerprint density at radius 2 is 1.82 bits per heavy atom. The van der Waals surface area contributed by atoms with Gasteiger partial charge in [0.25, 0.3) is 0 Å². The third kappa shape index (κ3) is 3.24. The zero-order chi connectivity index (χ0) is 12.3. The van der Waals surface area contributed by atoms with Crippen molar-refractivity contribution in [2.45, 2.75) is 13.5 Å². The molecule has 0 saturated carbocycles. The van der Waals surface area contributed by atoms with Gasteiger partial charge in [-0.1, -0.05) is 29.8 Å². The predicted molar refractivity (Wildman–Crippen MR) is 74.1 cm³/mol. The molecule has 2 rings (SSSR count). The van der Waals surface area contributed by atoms with Crippen LogP contribution in [0.15, 0.2) is 46.9 Å². The molecule has 0 amide bonds. The number of hydrogen-bond acceptors (Lipinski definition) is 2. The van der Waals surface area contributed by atoms with E-state index in [0.717, 1.165) is 15.8 Å². The number of aryl methyl sites for hydroxylation is 1. The van der Waals surface area contributed by atoms with E-state index in [4.69, 9.17) is 10.5 Å². The van der Waals surface area contributed by atoms with Crippen LogP contribution in [0.2, 0.25) is 0 Å². The second kappa shape index (κ2) is 5.23. The Morgan fingerprint density at radius 3 is 2.47 bits per heavy atom. The van der Waals surface area contributed by atoms with E-state index in [2.05, 4.69) is 47.1 Å². The topological polar surface area (TPSA) is 35.2 Å². The Labute approximate surface area is 110 Å². The molecule has 2 nitrogen and oxygen atoms in total. The molecule has 0 aliphatic heterocycles. The first kappa shape index (κ1) is 12.0. The largest absolute Gasteiger partial charge is 0.489 e. The number of ether oxygens (including phenoxy) is 1. The SMILES string of the molecule is Cc1ccc(COc2ccc(N)c(Br)c2)cc1. The zero-order valence-electron chi connectivity index (χ0n) is 9.61. The second-order valence-electron chi connectivity index (χ2n) is 3.96. The van der Waals surface area contributed by atoms with Crippen LogP contribution < -0.4 is 10.5 Å². The van der Waals surface area contributed by atoms with Crippen LogP contribution in [0.4, 0.5) is 5.69 Å². The Kier molecular flexibility index (Phi) is 3.69. The Balaban J connectivity index is 2.02. The highest BCUT2D eigenvalue weighted by atomic mass is 79.9. The lowest BCUT2D eigenvalue weighted by molar-refractivity contribution is 0.306. The lowest BCUT2D eigenvalue weighted by Crippen LogP contribution is -1.96. The number of hydrogen-bond donors (Lipinski definition) is 1. The van der Waals surface area contributed by atoms with E-state index < -0.39 is 0 Å². The van der Waals surface area contributed by atoms with E-state index in [-0.39, 0.29) is 0 Å². The summed E-state index contributed by atoms with van der Waals surface area (Å²) in [6.45, 7) is 2.64. The summed E-state index contributed by atoms with van der Waals surface area (Å²) >= 11 is 3.38. The van der Waals surface area contributed by atoms with Gasteiger partial charge in [0.1, 0.15) is 12.4 Å². The molecular formula is C14H14BrNO. The van der Waals surface area contributed by atoms with Crippen molar-refractivity contribution in [3.63, 3.8) is 0 Å². The van der Waals surface area contributed by atoms with E-state index in [0.29, 0.717) is 12.3 Å². The summed E-state index contributed by atoms with van der Waals surface area (Å²) in [6.07, 6.45) is 0. The summed E-state index contributed by atoms with van der Waals surface area (Å²) in [5.41, 5.74) is 8.84. The highest BCUT2D eigenvalue weighted by Crippen LogP contribution is 2.25. The van der Waals surface area contributed by atoms with Gasteiger partial charge in [0.2, 0.25) is 0 Å². The lowest BCUT2D eigenvalue weighted by atomic mass is 10.2. The molecule has 0 aliphatic rings. The summed E-state index contributed by atoms with van der Waals surface area (Å²) in [5, 5.41) is 0. The van der Waals surface area contributed by atoms with Crippen molar-refractivity contribution in [1.29, 1.82) is 0 Å². The van der Waals surface area contributed by atoms with Crippen molar-refractivity contribution < 1.29 is 4.74 Å². The number of halogens is 1. The fourth-order valence-corrected chi connectivity index (χ4v) is 1.81. The van der Waals surface area contributed by atoms with E-state index >= 15 is 0 Å². The van der Waals surface area contributed by atoms with Crippen molar-refractivity contribution in [2.24, 2.45) is 0 Å². The quantitative estimate of drug-likeness (QED) is 0.870. The average molecular weight is 292 g/mol. The third-order valence-corrected chi connectivity index (χ3v) is 3.18. The summed E-state index contributed by atoms with van der Waals surface area (Å²) in [4.78, 5) is 0. The zero-order valence-corrected chi connectivity index (χ0v) is 11.2. The molecule has 0 radical (unpaired) electrons. The number of nitrogens with two attached hydrogens (primary N) is 1. The smallest absolute Gasteiger partial charge is 0.121 e. The molecule has 0 atom stereocenters. The molecule has 0 saturated heterocycles. The number of rotatable bonds is 3. The van der Waals surface area contributed by atoms with Crippen molar-refractivity contribution >= 4 is 21.6 Å². The minimum absolute atomic E-state index is 0.566. The molecule has 17 heavy (non-hydrogen) atoms. The van der Waals surface area contributed by atoms with Crippen molar-refractivity contribution in [2.75, 3.05) is 5.73 Å². The number of benzene rings is 2. The third-order valence-electron chi connectivity index (χ3n) is 2.50. The molecule has 0 spiro atoms. The van der Waals surface area contributed by atoms with Gasteiger partial charge in [-0.15, -0.1) is 0 Å². The maximum Gasteiger partial charge on any atom is 0.121 e. The normalized spacial score (nSPS) is 10.2. The van der Waals surface area contributed by atoms with Crippen LogP contribution in [0, 0.1) is 6.92 Å². The fraction of sp³-hybridized carbons (Fsp3) is 0.143. The van der Waals surface area contributed by atoms with Gasteiger partial charge in [-0.2, -0.15) is 0 Å². The summed E-state index contributed by atoms with van der Waals surface area (Å²) in [5.74, 6) is 0.812. The summed E-state index contributed by atoms with van der Waals surface area (Å²) in [7, 11) is 0. The molecule has 2 aromatic rings. The summed E-state index contributed by atoms with van der Waals surface area (Å²) < 4.78 is 6.54. The maximum absolute atomic E-state index is 5.71. The van der Waals surface area contributed by atoms with Gasteiger partial charge in [0, 0.05) is 10.2 Å². The summed E-state index contributed by atoms with van der Waals surface area (Å²) in [6, 6.07) is 13.9. The van der Waals surface area contributed by atoms with Gasteiger partial charge in [-0.25, -0.2) is 0 Å². The van der Waals surface area contributed by atoms with Gasteiger partial charge in [-0.3, -0.25) is 0 Å². The van der Waals surface area contributed by atoms with E-state index in [1.165, 1.54) is 5.56 Å². The molecule has 0 unspecified atom stereocenters. The van der Waals surface area contributed by atoms with Crippen LogP contribution in [-0.2, 0) is 6.61 Å². The lowest BCUT2D eigenvalue weighted by Gasteiger charge is -2.08. The van der Waals surface area contributed by atoms with Crippen LogP contribution in [0.25, 0.3) is 0 Å². The van der Waals surface area contributed by atoms with E-state index in [1.807, 2.05) is 18.2 Å². The van der Waals surface area contributed by atoms with Crippen molar-refractivity contribution in [3.05, 3.63) is 58.1 Å². The molecular weight excluding hydrogens is 278 g/mol. The minimum atomic E-state index is 0.566. The van der Waals surface area contributed by atoms with Crippen LogP contribution in [0.5, 0.6) is 5.75 Å². The monoisotopic (exact) mass is 291 g/mol. The fourth-order valence-electron chi connectivity index (χ4n) is 1.45. The first-order valence-electron chi connectivity index (χ1n) is 5.38. The molecule has 3 heteroatoms. The second-order valence-corrected chi connectivity index (χ2v) is 4.81. The molecule has 88 valence electrons. The molecule has 0 bridgehead atoms. The molecule has 2 N–H and O–H groups in total. The van der Waals surface area contributed by atoms with Crippen LogP contribution in [0.1, 0.15) is 11.1 Å². The maximum atomic E-state index is 5.71. The highest BCUT2D eigenvalue weighted by molar-refractivity contribution is 9.10. The first-order chi connectivity index (χ1) is 8.15. The number of nitrogen functional groups attached to an aromatic ring is 1. The van der Waals surface area contributed by atoms with Crippen LogP contribution >= 0.6 is 15.9 Å². The average Bonchev–Trinajstić information content (AvgIpc) is 2.33. The minimum Gasteiger partial charge on any atom is -0.489 e. The first-order valence-corrected chi connectivity index (χ1v) is 6.18. The molecule has 2 aromatic carbocycles. The van der Waals surface area contributed by atoms with Gasteiger partial charge < -0.3 is 10.5 Å². The van der Waals surface area contributed by atoms with E-state index in [9.17, 15) is 0 Å². The molecule has 0 heterocycles. The number of anilines is 1. The predicted octanol–water partition coefficient (Wildman–Crippen LogP) is 3.92. The standard InChI is InChI=1S/C14H14BrNO/c1-10-2-4-11(5-3-10)9-17-12-6-7-14(16)13(15)8-12/h2-8H,9,16H2,1H3. The van der Waals surface area contributed by atoms with Gasteiger partial charge in [0.15, 0.2) is 0 Å². The Hall–Kier alpha value is -1.48. The van der Waals surface area contributed by atoms with Gasteiger partial charge in [-0.05, 0) is 46.6 Å². The molecule has 0 aliphatic carbocycles. The van der Waals surface area contributed by atoms with Crippen LogP contribution in [0.3, 0.4) is 0 Å². The van der Waals surface area contributed by atoms with Crippen molar-refractivity contribution in [1.82, 2.24) is 0 Å². The highest BCUT2D eigenvalue weighted by Gasteiger charge is 1.99. The van der Waals surface area contributed by atoms with Gasteiger partial charge in [0.05, 0.1) is 0 Å². The molecule has 0 aromatic heterocycles. The Bertz CT molecular complexity index is 508. The van der Waals surface area contributed by atoms with E-state index in [1.54, 1.807) is 0 Å².